The molecule has 1 saturated heterocycles. The molecule has 1 fully saturated rings. The average Bonchev–Trinajstić information content (AvgIpc) is 2.89. The maximum Gasteiger partial charge on any atom is 0.254 e. The van der Waals surface area contributed by atoms with E-state index >= 15 is 0 Å². The second kappa shape index (κ2) is 7.94. The lowest BCUT2D eigenvalue weighted by Gasteiger charge is -2.29. The van der Waals surface area contributed by atoms with Crippen molar-refractivity contribution in [2.75, 3.05) is 26.8 Å². The van der Waals surface area contributed by atoms with Gasteiger partial charge in [0.15, 0.2) is 5.82 Å². The van der Waals surface area contributed by atoms with E-state index in [2.05, 4.69) is 10.6 Å². The Kier molecular flexibility index (Phi) is 6.87. The number of amides is 1. The van der Waals surface area contributed by atoms with Crippen molar-refractivity contribution < 1.29 is 13.9 Å². The number of carbonyl (C=O) groups is 1. The maximum absolute atomic E-state index is 13.8. The number of hydrogen-bond acceptors (Lipinski definition) is 3. The molecule has 1 unspecified atom stereocenters. The average molecular weight is 337 g/mol. The second-order valence-electron chi connectivity index (χ2n) is 5.03. The molecular formula is C14H19Cl2FN2O2. The zero-order chi connectivity index (χ0) is 14.6. The van der Waals surface area contributed by atoms with Crippen molar-refractivity contribution >= 4 is 29.9 Å². The smallest absolute Gasteiger partial charge is 0.254 e. The molecule has 1 aliphatic heterocycles. The first-order valence-corrected chi connectivity index (χ1v) is 6.92. The molecule has 1 aromatic carbocycles. The summed E-state index contributed by atoms with van der Waals surface area (Å²) < 4.78 is 19.0. The van der Waals surface area contributed by atoms with Gasteiger partial charge in [-0.3, -0.25) is 4.79 Å². The van der Waals surface area contributed by atoms with Crippen LogP contribution in [0.3, 0.4) is 0 Å². The molecule has 118 valence electrons. The summed E-state index contributed by atoms with van der Waals surface area (Å²) in [6.07, 6.45) is 1.95. The molecule has 0 saturated carbocycles. The van der Waals surface area contributed by atoms with Crippen molar-refractivity contribution in [3.8, 4) is 0 Å². The highest BCUT2D eigenvalue weighted by Gasteiger charge is 2.34. The molecule has 0 aliphatic carbocycles. The van der Waals surface area contributed by atoms with Crippen LogP contribution in [-0.4, -0.2) is 38.3 Å². The SMILES string of the molecule is COCC1(CNC(=O)c2cccc(Cl)c2F)CCCN1.Cl. The van der Waals surface area contributed by atoms with Gasteiger partial charge in [-0.15, -0.1) is 12.4 Å². The van der Waals surface area contributed by atoms with E-state index in [1.807, 2.05) is 0 Å². The summed E-state index contributed by atoms with van der Waals surface area (Å²) in [4.78, 5) is 12.0. The van der Waals surface area contributed by atoms with Crippen LogP contribution in [0.5, 0.6) is 0 Å². The van der Waals surface area contributed by atoms with Crippen molar-refractivity contribution in [1.29, 1.82) is 0 Å². The summed E-state index contributed by atoms with van der Waals surface area (Å²) in [5.74, 6) is -1.15. The van der Waals surface area contributed by atoms with Crippen LogP contribution in [0.4, 0.5) is 4.39 Å². The number of carbonyl (C=O) groups excluding carboxylic acids is 1. The molecule has 1 heterocycles. The van der Waals surface area contributed by atoms with Crippen LogP contribution in [0.25, 0.3) is 0 Å². The van der Waals surface area contributed by atoms with Crippen molar-refractivity contribution in [3.05, 3.63) is 34.6 Å². The van der Waals surface area contributed by atoms with Gasteiger partial charge in [0.05, 0.1) is 22.7 Å². The van der Waals surface area contributed by atoms with Crippen LogP contribution in [-0.2, 0) is 4.74 Å². The van der Waals surface area contributed by atoms with Gasteiger partial charge in [0.2, 0.25) is 0 Å². The van der Waals surface area contributed by atoms with Gasteiger partial charge in [0, 0.05) is 13.7 Å². The molecule has 1 aromatic rings. The van der Waals surface area contributed by atoms with Crippen LogP contribution in [0.1, 0.15) is 23.2 Å². The van der Waals surface area contributed by atoms with Crippen LogP contribution < -0.4 is 10.6 Å². The number of halogens is 3. The van der Waals surface area contributed by atoms with Gasteiger partial charge in [0.25, 0.3) is 5.91 Å². The first-order chi connectivity index (χ1) is 9.58. The number of methoxy groups -OCH3 is 1. The highest BCUT2D eigenvalue weighted by molar-refractivity contribution is 6.31. The first kappa shape index (κ1) is 18.2. The van der Waals surface area contributed by atoms with Crippen LogP contribution >= 0.6 is 24.0 Å². The van der Waals surface area contributed by atoms with Gasteiger partial charge in [-0.05, 0) is 31.5 Å². The Hall–Kier alpha value is -0.880. The summed E-state index contributed by atoms with van der Waals surface area (Å²) in [5.41, 5.74) is -0.303. The zero-order valence-corrected chi connectivity index (χ0v) is 13.3. The molecule has 7 heteroatoms. The highest BCUT2D eigenvalue weighted by Crippen LogP contribution is 2.20. The summed E-state index contributed by atoms with van der Waals surface area (Å²) in [6.45, 7) is 1.79. The topological polar surface area (TPSA) is 50.4 Å². The van der Waals surface area contributed by atoms with E-state index in [4.69, 9.17) is 16.3 Å². The first-order valence-electron chi connectivity index (χ1n) is 6.54. The normalized spacial score (nSPS) is 20.9. The zero-order valence-electron chi connectivity index (χ0n) is 11.7. The Morgan fingerprint density at radius 2 is 2.33 bits per heavy atom. The third-order valence-corrected chi connectivity index (χ3v) is 3.83. The maximum atomic E-state index is 13.8. The molecule has 21 heavy (non-hydrogen) atoms. The Bertz CT molecular complexity index is 494. The van der Waals surface area contributed by atoms with E-state index in [1.54, 1.807) is 13.2 Å². The number of hydrogen-bond donors (Lipinski definition) is 2. The fourth-order valence-corrected chi connectivity index (χ4v) is 2.67. The van der Waals surface area contributed by atoms with Crippen molar-refractivity contribution in [2.24, 2.45) is 0 Å². The van der Waals surface area contributed by atoms with E-state index in [0.29, 0.717) is 13.2 Å². The molecule has 0 radical (unpaired) electrons. The molecule has 1 atom stereocenters. The van der Waals surface area contributed by atoms with Crippen molar-refractivity contribution in [1.82, 2.24) is 10.6 Å². The molecule has 0 aromatic heterocycles. The minimum atomic E-state index is -0.688. The van der Waals surface area contributed by atoms with Gasteiger partial charge in [0.1, 0.15) is 0 Å². The quantitative estimate of drug-likeness (QED) is 0.868. The van der Waals surface area contributed by atoms with E-state index in [1.165, 1.54) is 12.1 Å². The summed E-state index contributed by atoms with van der Waals surface area (Å²) >= 11 is 5.67. The van der Waals surface area contributed by atoms with Gasteiger partial charge < -0.3 is 15.4 Å². The largest absolute Gasteiger partial charge is 0.383 e. The summed E-state index contributed by atoms with van der Waals surface area (Å²) in [6, 6.07) is 4.39. The van der Waals surface area contributed by atoms with E-state index in [0.717, 1.165) is 19.4 Å². The third kappa shape index (κ3) is 4.30. The number of ether oxygens (including phenoxy) is 1. The lowest BCUT2D eigenvalue weighted by Crippen LogP contribution is -2.53. The molecule has 1 amide bonds. The minimum Gasteiger partial charge on any atom is -0.383 e. The minimum absolute atomic E-state index is 0. The van der Waals surface area contributed by atoms with Gasteiger partial charge in [-0.2, -0.15) is 0 Å². The third-order valence-electron chi connectivity index (χ3n) is 3.54. The fraction of sp³-hybridized carbons (Fsp3) is 0.500. The van der Waals surface area contributed by atoms with Crippen molar-refractivity contribution in [3.63, 3.8) is 0 Å². The molecule has 4 nitrogen and oxygen atoms in total. The lowest BCUT2D eigenvalue weighted by atomic mass is 9.98. The Morgan fingerprint density at radius 3 is 2.95 bits per heavy atom. The van der Waals surface area contributed by atoms with Gasteiger partial charge in [-0.1, -0.05) is 17.7 Å². The Morgan fingerprint density at radius 1 is 1.57 bits per heavy atom. The van der Waals surface area contributed by atoms with E-state index in [9.17, 15) is 9.18 Å². The number of benzene rings is 1. The number of rotatable bonds is 5. The molecule has 0 bridgehead atoms. The molecule has 0 spiro atoms. The standard InChI is InChI=1S/C14H18ClFN2O2.ClH/c1-20-9-14(6-3-7-18-14)8-17-13(19)10-4-2-5-11(15)12(10)16;/h2,4-5,18H,3,6-9H2,1H3,(H,17,19);1H. The molecule has 1 aliphatic rings. The molecule has 2 rings (SSSR count). The molecule has 2 N–H and O–H groups in total. The van der Waals surface area contributed by atoms with Gasteiger partial charge >= 0.3 is 0 Å². The fourth-order valence-electron chi connectivity index (χ4n) is 2.49. The van der Waals surface area contributed by atoms with Crippen LogP contribution in [0.15, 0.2) is 18.2 Å². The van der Waals surface area contributed by atoms with Crippen LogP contribution in [0, 0.1) is 5.82 Å². The predicted octanol–water partition coefficient (Wildman–Crippen LogP) is 2.40. The highest BCUT2D eigenvalue weighted by atomic mass is 35.5. The summed E-state index contributed by atoms with van der Waals surface area (Å²) in [7, 11) is 1.63. The second-order valence-corrected chi connectivity index (χ2v) is 5.43. The molecular weight excluding hydrogens is 318 g/mol. The Labute approximate surface area is 134 Å². The predicted molar refractivity (Wildman–Crippen MR) is 82.8 cm³/mol. The lowest BCUT2D eigenvalue weighted by molar-refractivity contribution is 0.0888. The van der Waals surface area contributed by atoms with Crippen LogP contribution in [0.2, 0.25) is 5.02 Å². The monoisotopic (exact) mass is 336 g/mol. The van der Waals surface area contributed by atoms with Gasteiger partial charge in [-0.25, -0.2) is 4.39 Å². The van der Waals surface area contributed by atoms with E-state index < -0.39 is 11.7 Å². The summed E-state index contributed by atoms with van der Waals surface area (Å²) in [5, 5.41) is 6.05. The number of nitrogens with one attached hydrogen (secondary N) is 2. The Balaban J connectivity index is 0.00000220. The van der Waals surface area contributed by atoms with E-state index in [-0.39, 0.29) is 28.5 Å². The van der Waals surface area contributed by atoms with Crippen molar-refractivity contribution in [2.45, 2.75) is 18.4 Å².